The lowest BCUT2D eigenvalue weighted by atomic mass is 10.4. The molecule has 1 amide bonds. The molecule has 0 aliphatic rings. The molecule has 19 heavy (non-hydrogen) atoms. The average molecular weight is 274 g/mol. The van der Waals surface area contributed by atoms with Crippen LogP contribution in [0.2, 0.25) is 0 Å². The highest BCUT2D eigenvalue weighted by molar-refractivity contribution is 5.77. The monoisotopic (exact) mass is 274 g/mol. The van der Waals surface area contributed by atoms with Crippen molar-refractivity contribution in [1.82, 2.24) is 9.80 Å². The molecule has 9 heteroatoms. The summed E-state index contributed by atoms with van der Waals surface area (Å²) in [6, 6.07) is 0. The van der Waals surface area contributed by atoms with E-state index in [0.717, 1.165) is 0 Å². The van der Waals surface area contributed by atoms with Gasteiger partial charge in [0.1, 0.15) is 6.29 Å². The molecule has 0 radical (unpaired) electrons. The molecule has 0 aromatic rings. The number of hydrogen-bond acceptors (Lipinski definition) is 7. The van der Waals surface area contributed by atoms with Crippen molar-refractivity contribution >= 4 is 18.2 Å². The number of carbonyl (C=O) groups excluding carboxylic acids is 2. The predicted octanol–water partition coefficient (Wildman–Crippen LogP) is -1.87. The number of nitrogens with zero attached hydrogens (tertiary/aromatic N) is 3. The smallest absolute Gasteiger partial charge is 0.317 e. The Balaban J connectivity index is 4.29. The van der Waals surface area contributed by atoms with Crippen LogP contribution in [0.4, 0.5) is 0 Å². The molecule has 0 saturated carbocycles. The van der Waals surface area contributed by atoms with E-state index in [9.17, 15) is 19.3 Å². The molecule has 0 spiro atoms. The maximum atomic E-state index is 10.8. The van der Waals surface area contributed by atoms with Crippen molar-refractivity contribution in [2.75, 3.05) is 45.8 Å². The van der Waals surface area contributed by atoms with Crippen molar-refractivity contribution in [2.24, 2.45) is 10.9 Å². The lowest BCUT2D eigenvalue weighted by Crippen LogP contribution is -2.43. The van der Waals surface area contributed by atoms with Crippen LogP contribution >= 0.6 is 0 Å². The number of amides is 1. The second kappa shape index (κ2) is 10.1. The molecular weight excluding hydrogens is 256 g/mol. The molecule has 3 N–H and O–H groups in total. The third-order valence-corrected chi connectivity index (χ3v) is 2.31. The van der Waals surface area contributed by atoms with Gasteiger partial charge in [0, 0.05) is 19.6 Å². The summed E-state index contributed by atoms with van der Waals surface area (Å²) in [6.07, 6.45) is 0.681. The fourth-order valence-corrected chi connectivity index (χ4v) is 1.49. The van der Waals surface area contributed by atoms with Crippen LogP contribution in [0.3, 0.4) is 0 Å². The van der Waals surface area contributed by atoms with E-state index < -0.39 is 11.9 Å². The third kappa shape index (κ3) is 9.80. The molecule has 0 aliphatic carbocycles. The highest BCUT2D eigenvalue weighted by Crippen LogP contribution is 1.93. The van der Waals surface area contributed by atoms with Crippen LogP contribution < -0.4 is 5.73 Å². The quantitative estimate of drug-likeness (QED) is 0.314. The van der Waals surface area contributed by atoms with Gasteiger partial charge in [-0.1, -0.05) is 5.18 Å². The second-order valence-corrected chi connectivity index (χ2v) is 3.89. The summed E-state index contributed by atoms with van der Waals surface area (Å²) in [7, 11) is 0. The van der Waals surface area contributed by atoms with E-state index in [0.29, 0.717) is 19.4 Å². The zero-order chi connectivity index (χ0) is 14.7. The van der Waals surface area contributed by atoms with Crippen LogP contribution in [0.1, 0.15) is 0 Å². The molecule has 0 unspecified atom stereocenters. The number of carboxylic acid groups (broad SMARTS) is 1. The summed E-state index contributed by atoms with van der Waals surface area (Å²) in [5.41, 5.74) is 5.01. The minimum Gasteiger partial charge on any atom is -0.480 e. The molecule has 9 nitrogen and oxygen atoms in total. The lowest BCUT2D eigenvalue weighted by Gasteiger charge is -2.23. The van der Waals surface area contributed by atoms with E-state index in [1.54, 1.807) is 4.90 Å². The summed E-state index contributed by atoms with van der Waals surface area (Å²) in [5.74, 6) is -1.70. The zero-order valence-electron chi connectivity index (χ0n) is 10.5. The zero-order valence-corrected chi connectivity index (χ0v) is 10.5. The van der Waals surface area contributed by atoms with E-state index in [4.69, 9.17) is 10.8 Å². The van der Waals surface area contributed by atoms with Gasteiger partial charge in [-0.3, -0.25) is 19.4 Å². The van der Waals surface area contributed by atoms with Gasteiger partial charge < -0.3 is 15.6 Å². The van der Waals surface area contributed by atoms with E-state index in [-0.39, 0.29) is 32.7 Å². The van der Waals surface area contributed by atoms with Crippen LogP contribution in [0.5, 0.6) is 0 Å². The molecule has 0 aliphatic heterocycles. The van der Waals surface area contributed by atoms with Gasteiger partial charge in [-0.2, -0.15) is 4.91 Å². The fourth-order valence-electron chi connectivity index (χ4n) is 1.49. The van der Waals surface area contributed by atoms with Crippen molar-refractivity contribution in [3.8, 4) is 0 Å². The molecule has 108 valence electrons. The predicted molar refractivity (Wildman–Crippen MR) is 66.4 cm³/mol. The first-order valence-electron chi connectivity index (χ1n) is 5.67. The van der Waals surface area contributed by atoms with Gasteiger partial charge in [-0.05, 0) is 0 Å². The number of aldehydes is 1. The summed E-state index contributed by atoms with van der Waals surface area (Å²) < 4.78 is 0. The maximum absolute atomic E-state index is 10.8. The van der Waals surface area contributed by atoms with Crippen LogP contribution in [0, 0.1) is 4.91 Å². The molecule has 0 aromatic heterocycles. The molecule has 0 aromatic carbocycles. The van der Waals surface area contributed by atoms with Crippen LogP contribution in [-0.4, -0.2) is 78.9 Å². The summed E-state index contributed by atoms with van der Waals surface area (Å²) in [4.78, 5) is 44.9. The van der Waals surface area contributed by atoms with Crippen molar-refractivity contribution in [3.63, 3.8) is 0 Å². The number of primary amides is 1. The number of nitroso groups, excluding NO2 is 1. The Morgan fingerprint density at radius 3 is 2.26 bits per heavy atom. The molecule has 0 fully saturated rings. The van der Waals surface area contributed by atoms with Gasteiger partial charge in [0.15, 0.2) is 0 Å². The fraction of sp³-hybridized carbons (Fsp3) is 0.700. The number of aliphatic carboxylic acids is 1. The van der Waals surface area contributed by atoms with Crippen LogP contribution in [0.15, 0.2) is 5.18 Å². The third-order valence-electron chi connectivity index (χ3n) is 2.31. The lowest BCUT2D eigenvalue weighted by molar-refractivity contribution is -0.138. The number of carboxylic acids is 1. The first-order valence-corrected chi connectivity index (χ1v) is 5.67. The van der Waals surface area contributed by atoms with E-state index >= 15 is 0 Å². The van der Waals surface area contributed by atoms with Gasteiger partial charge in [-0.15, -0.1) is 0 Å². The first-order chi connectivity index (χ1) is 8.99. The summed E-state index contributed by atoms with van der Waals surface area (Å²) >= 11 is 0. The average Bonchev–Trinajstić information content (AvgIpc) is 2.31. The highest BCUT2D eigenvalue weighted by atomic mass is 16.4. The number of hydrogen-bond donors (Lipinski definition) is 2. The normalized spacial score (nSPS) is 10.6. The minimum atomic E-state index is -1.07. The van der Waals surface area contributed by atoms with Crippen LogP contribution in [0.25, 0.3) is 0 Å². The molecule has 0 rings (SSSR count). The molecular formula is C10H18N4O5. The summed E-state index contributed by atoms with van der Waals surface area (Å²) in [5, 5.41) is 11.4. The standard InChI is InChI=1S/C10H18N4O5/c11-9(16)7-14(8-10(17)18)4-3-13(5-6-15)2-1-12-19/h6H,1-5,7-8H2,(H2,11,16)(H,17,18). The molecule has 0 heterocycles. The summed E-state index contributed by atoms with van der Waals surface area (Å²) in [6.45, 7) is 0.572. The Hall–Kier alpha value is -1.87. The van der Waals surface area contributed by atoms with E-state index in [1.165, 1.54) is 4.90 Å². The van der Waals surface area contributed by atoms with Gasteiger partial charge in [0.25, 0.3) is 0 Å². The molecule has 0 atom stereocenters. The SMILES string of the molecule is NC(=O)CN(CCN(CC=O)CCN=O)CC(=O)O. The van der Waals surface area contributed by atoms with Gasteiger partial charge >= 0.3 is 5.97 Å². The van der Waals surface area contributed by atoms with E-state index in [1.807, 2.05) is 0 Å². The van der Waals surface area contributed by atoms with Gasteiger partial charge in [0.05, 0.1) is 26.2 Å². The Morgan fingerprint density at radius 2 is 1.79 bits per heavy atom. The molecule has 0 bridgehead atoms. The van der Waals surface area contributed by atoms with Gasteiger partial charge in [-0.25, -0.2) is 0 Å². The minimum absolute atomic E-state index is 0.0442. The highest BCUT2D eigenvalue weighted by Gasteiger charge is 2.14. The largest absolute Gasteiger partial charge is 0.480 e. The second-order valence-electron chi connectivity index (χ2n) is 3.89. The number of nitrogens with two attached hydrogens (primary N) is 1. The maximum Gasteiger partial charge on any atom is 0.317 e. The number of rotatable bonds is 12. The Kier molecular flexibility index (Phi) is 9.10. The Morgan fingerprint density at radius 1 is 1.16 bits per heavy atom. The first kappa shape index (κ1) is 17.1. The molecule has 0 saturated heterocycles. The Bertz CT molecular complexity index is 307. The van der Waals surface area contributed by atoms with Crippen molar-refractivity contribution in [1.29, 1.82) is 0 Å². The van der Waals surface area contributed by atoms with E-state index in [2.05, 4.69) is 5.18 Å². The Labute approximate surface area is 110 Å². The topological polar surface area (TPSA) is 133 Å². The number of carbonyl (C=O) groups is 3. The van der Waals surface area contributed by atoms with Crippen molar-refractivity contribution < 1.29 is 19.5 Å². The van der Waals surface area contributed by atoms with Gasteiger partial charge in [0.2, 0.25) is 5.91 Å². The van der Waals surface area contributed by atoms with Crippen molar-refractivity contribution in [2.45, 2.75) is 0 Å². The van der Waals surface area contributed by atoms with Crippen LogP contribution in [-0.2, 0) is 14.4 Å². The van der Waals surface area contributed by atoms with Crippen molar-refractivity contribution in [3.05, 3.63) is 4.91 Å².